The number of nitrogens with zero attached hydrogens (tertiary/aromatic N) is 2. The van der Waals surface area contributed by atoms with Gasteiger partial charge in [0.1, 0.15) is 5.82 Å². The summed E-state index contributed by atoms with van der Waals surface area (Å²) >= 11 is 0. The van der Waals surface area contributed by atoms with Crippen molar-refractivity contribution in [1.82, 2.24) is 9.88 Å². The zero-order valence-corrected chi connectivity index (χ0v) is 13.0. The van der Waals surface area contributed by atoms with Crippen LogP contribution in [-0.4, -0.2) is 28.9 Å². The highest BCUT2D eigenvalue weighted by Crippen LogP contribution is 2.34. The molecule has 4 heteroatoms. The molecule has 1 aromatic rings. The molecule has 114 valence electrons. The van der Waals surface area contributed by atoms with E-state index in [1.54, 1.807) is 6.07 Å². The van der Waals surface area contributed by atoms with Crippen molar-refractivity contribution < 1.29 is 4.79 Å². The molecule has 0 aliphatic heterocycles. The summed E-state index contributed by atoms with van der Waals surface area (Å²) in [5.41, 5.74) is 7.48. The second kappa shape index (κ2) is 5.66. The molecule has 1 amide bonds. The van der Waals surface area contributed by atoms with E-state index in [0.717, 1.165) is 30.6 Å². The molecule has 0 unspecified atom stereocenters. The summed E-state index contributed by atoms with van der Waals surface area (Å²) in [6, 6.07) is 3.64. The lowest BCUT2D eigenvalue weighted by Gasteiger charge is -2.23. The summed E-state index contributed by atoms with van der Waals surface area (Å²) in [6.07, 6.45) is 5.07. The third-order valence-corrected chi connectivity index (χ3v) is 4.34. The van der Waals surface area contributed by atoms with E-state index < -0.39 is 0 Å². The molecular weight excluding hydrogens is 262 g/mol. The summed E-state index contributed by atoms with van der Waals surface area (Å²) in [6.45, 7) is 5.97. The van der Waals surface area contributed by atoms with E-state index in [0.29, 0.717) is 11.4 Å². The average molecular weight is 287 g/mol. The van der Waals surface area contributed by atoms with Crippen LogP contribution in [0, 0.1) is 11.8 Å². The highest BCUT2D eigenvalue weighted by molar-refractivity contribution is 5.95. The monoisotopic (exact) mass is 287 g/mol. The third-order valence-electron chi connectivity index (χ3n) is 4.34. The second-order valence-corrected chi connectivity index (χ2v) is 6.96. The molecule has 21 heavy (non-hydrogen) atoms. The van der Waals surface area contributed by atoms with Crippen molar-refractivity contribution in [3.63, 3.8) is 0 Å². The van der Waals surface area contributed by atoms with Gasteiger partial charge in [0, 0.05) is 24.3 Å². The maximum absolute atomic E-state index is 12.8. The Morgan fingerprint density at radius 2 is 1.81 bits per heavy atom. The standard InChI is InChI=1S/C17H25N3O/c1-11(2)15-7-14(8-16(18)19-15)17(21)20(9-12-3-4-12)10-13-5-6-13/h7-8,11-13H,3-6,9-10H2,1-2H3,(H2,18,19). The minimum Gasteiger partial charge on any atom is -0.384 e. The van der Waals surface area contributed by atoms with E-state index in [2.05, 4.69) is 18.8 Å². The molecule has 0 bridgehead atoms. The van der Waals surface area contributed by atoms with Crippen molar-refractivity contribution >= 4 is 11.7 Å². The fourth-order valence-electron chi connectivity index (χ4n) is 2.64. The van der Waals surface area contributed by atoms with E-state index in [9.17, 15) is 4.79 Å². The molecule has 0 saturated heterocycles. The lowest BCUT2D eigenvalue weighted by molar-refractivity contribution is 0.0739. The second-order valence-electron chi connectivity index (χ2n) is 6.96. The molecule has 2 saturated carbocycles. The molecule has 0 radical (unpaired) electrons. The van der Waals surface area contributed by atoms with Gasteiger partial charge in [0.15, 0.2) is 0 Å². The molecule has 2 fully saturated rings. The van der Waals surface area contributed by atoms with Gasteiger partial charge in [-0.3, -0.25) is 4.79 Å². The third kappa shape index (κ3) is 3.74. The quantitative estimate of drug-likeness (QED) is 0.874. The topological polar surface area (TPSA) is 59.2 Å². The maximum atomic E-state index is 12.8. The Hall–Kier alpha value is -1.58. The fraction of sp³-hybridized carbons (Fsp3) is 0.647. The highest BCUT2D eigenvalue weighted by Gasteiger charge is 2.32. The Morgan fingerprint density at radius 1 is 1.24 bits per heavy atom. The molecule has 2 aliphatic carbocycles. The number of nitrogens with two attached hydrogens (primary N) is 1. The van der Waals surface area contributed by atoms with Crippen LogP contribution in [-0.2, 0) is 0 Å². The highest BCUT2D eigenvalue weighted by atomic mass is 16.2. The number of aromatic nitrogens is 1. The van der Waals surface area contributed by atoms with Gasteiger partial charge in [0.05, 0.1) is 0 Å². The van der Waals surface area contributed by atoms with Crippen molar-refractivity contribution in [1.29, 1.82) is 0 Å². The summed E-state index contributed by atoms with van der Waals surface area (Å²) in [5.74, 6) is 2.29. The lowest BCUT2D eigenvalue weighted by Crippen LogP contribution is -2.35. The van der Waals surface area contributed by atoms with Gasteiger partial charge in [0.25, 0.3) is 5.91 Å². The number of rotatable bonds is 6. The molecule has 1 heterocycles. The number of anilines is 1. The maximum Gasteiger partial charge on any atom is 0.254 e. The Balaban J connectivity index is 1.79. The summed E-state index contributed by atoms with van der Waals surface area (Å²) < 4.78 is 0. The number of nitrogen functional groups attached to an aromatic ring is 1. The van der Waals surface area contributed by atoms with Gasteiger partial charge >= 0.3 is 0 Å². The number of amides is 1. The lowest BCUT2D eigenvalue weighted by atomic mass is 10.1. The first-order valence-corrected chi connectivity index (χ1v) is 8.09. The molecule has 0 aromatic carbocycles. The number of carbonyl (C=O) groups excluding carboxylic acids is 1. The molecule has 1 aromatic heterocycles. The molecular formula is C17H25N3O. The van der Waals surface area contributed by atoms with Gasteiger partial charge in [-0.15, -0.1) is 0 Å². The molecule has 3 rings (SSSR count). The van der Waals surface area contributed by atoms with Crippen LogP contribution in [0.25, 0.3) is 0 Å². The number of pyridine rings is 1. The van der Waals surface area contributed by atoms with Gasteiger partial charge in [-0.1, -0.05) is 13.8 Å². The SMILES string of the molecule is CC(C)c1cc(C(=O)N(CC2CC2)CC2CC2)cc(N)n1. The van der Waals surface area contributed by atoms with Crippen molar-refractivity contribution in [3.05, 3.63) is 23.4 Å². The predicted octanol–water partition coefficient (Wildman–Crippen LogP) is 3.05. The van der Waals surface area contributed by atoms with Crippen molar-refractivity contribution in [2.75, 3.05) is 18.8 Å². The number of carbonyl (C=O) groups is 1. The normalized spacial score (nSPS) is 18.0. The Morgan fingerprint density at radius 3 is 2.29 bits per heavy atom. The van der Waals surface area contributed by atoms with Crippen LogP contribution < -0.4 is 5.73 Å². The van der Waals surface area contributed by atoms with Crippen LogP contribution in [0.3, 0.4) is 0 Å². The molecule has 2 aliphatic rings. The molecule has 0 spiro atoms. The predicted molar refractivity (Wildman–Crippen MR) is 84.1 cm³/mol. The smallest absolute Gasteiger partial charge is 0.254 e. The van der Waals surface area contributed by atoms with Crippen molar-refractivity contribution in [2.45, 2.75) is 45.4 Å². The fourth-order valence-corrected chi connectivity index (χ4v) is 2.64. The van der Waals surface area contributed by atoms with E-state index in [4.69, 9.17) is 5.73 Å². The first-order chi connectivity index (χ1) is 10.0. The average Bonchev–Trinajstić information content (AvgIpc) is 3.31. The van der Waals surface area contributed by atoms with E-state index in [1.807, 2.05) is 11.0 Å². The van der Waals surface area contributed by atoms with Crippen LogP contribution in [0.1, 0.15) is 61.5 Å². The summed E-state index contributed by atoms with van der Waals surface area (Å²) in [5, 5.41) is 0. The van der Waals surface area contributed by atoms with E-state index in [1.165, 1.54) is 25.7 Å². The number of hydrogen-bond donors (Lipinski definition) is 1. The summed E-state index contributed by atoms with van der Waals surface area (Å²) in [7, 11) is 0. The van der Waals surface area contributed by atoms with Crippen molar-refractivity contribution in [2.24, 2.45) is 11.8 Å². The van der Waals surface area contributed by atoms with Crippen LogP contribution in [0.2, 0.25) is 0 Å². The zero-order chi connectivity index (χ0) is 15.0. The van der Waals surface area contributed by atoms with E-state index in [-0.39, 0.29) is 11.8 Å². The molecule has 4 nitrogen and oxygen atoms in total. The minimum atomic E-state index is 0.129. The minimum absolute atomic E-state index is 0.129. The van der Waals surface area contributed by atoms with Crippen LogP contribution >= 0.6 is 0 Å². The summed E-state index contributed by atoms with van der Waals surface area (Å²) in [4.78, 5) is 19.2. The van der Waals surface area contributed by atoms with Crippen molar-refractivity contribution in [3.8, 4) is 0 Å². The van der Waals surface area contributed by atoms with Crippen LogP contribution in [0.15, 0.2) is 12.1 Å². The zero-order valence-electron chi connectivity index (χ0n) is 13.0. The number of hydrogen-bond acceptors (Lipinski definition) is 3. The van der Waals surface area contributed by atoms with E-state index >= 15 is 0 Å². The Labute approximate surface area is 126 Å². The van der Waals surface area contributed by atoms with Gasteiger partial charge in [-0.25, -0.2) is 4.98 Å². The van der Waals surface area contributed by atoms with Gasteiger partial charge in [-0.05, 0) is 55.6 Å². The van der Waals surface area contributed by atoms with Gasteiger partial charge in [-0.2, -0.15) is 0 Å². The van der Waals surface area contributed by atoms with Crippen LogP contribution in [0.5, 0.6) is 0 Å². The van der Waals surface area contributed by atoms with Gasteiger partial charge < -0.3 is 10.6 Å². The first kappa shape index (κ1) is 14.4. The molecule has 2 N–H and O–H groups in total. The first-order valence-electron chi connectivity index (χ1n) is 8.09. The Kier molecular flexibility index (Phi) is 3.87. The molecule has 0 atom stereocenters. The Bertz CT molecular complexity index is 519. The van der Waals surface area contributed by atoms with Crippen LogP contribution in [0.4, 0.5) is 5.82 Å². The van der Waals surface area contributed by atoms with Gasteiger partial charge in [0.2, 0.25) is 0 Å². The largest absolute Gasteiger partial charge is 0.384 e.